The molecule has 1 aliphatic rings. The quantitative estimate of drug-likeness (QED) is 0.606. The van der Waals surface area contributed by atoms with E-state index in [1.165, 1.54) is 6.42 Å². The second-order valence-electron chi connectivity index (χ2n) is 4.39. The maximum atomic E-state index is 10.7. The molecule has 1 fully saturated rings. The molecule has 2 nitrogen and oxygen atoms in total. The molecule has 1 saturated heterocycles. The number of hydrogen-bond acceptors (Lipinski definition) is 2. The number of ether oxygens (including phenoxy) is 1. The first-order valence-electron chi connectivity index (χ1n) is 4.68. The van der Waals surface area contributed by atoms with Gasteiger partial charge >= 0.3 is 0 Å². The van der Waals surface area contributed by atoms with Crippen molar-refractivity contribution in [3.63, 3.8) is 0 Å². The molecule has 1 atom stereocenters. The van der Waals surface area contributed by atoms with Gasteiger partial charge in [0.05, 0.1) is 0 Å². The molecule has 0 saturated carbocycles. The van der Waals surface area contributed by atoms with Crippen molar-refractivity contribution in [1.29, 1.82) is 0 Å². The zero-order valence-corrected chi connectivity index (χ0v) is 8.01. The van der Waals surface area contributed by atoms with E-state index in [1.54, 1.807) is 0 Å². The molecule has 0 aromatic carbocycles. The Labute approximate surface area is 74.3 Å². The average Bonchev–Trinajstić information content (AvgIpc) is 2.06. The first kappa shape index (κ1) is 9.72. The molecule has 70 valence electrons. The highest BCUT2D eigenvalue weighted by atomic mass is 16.5. The predicted molar refractivity (Wildman–Crippen MR) is 48.0 cm³/mol. The van der Waals surface area contributed by atoms with Crippen LogP contribution in [0.25, 0.3) is 0 Å². The monoisotopic (exact) mass is 170 g/mol. The number of carbonyl (C=O) groups excluding carboxylic acids is 1. The van der Waals surface area contributed by atoms with E-state index in [9.17, 15) is 4.79 Å². The Morgan fingerprint density at radius 2 is 2.33 bits per heavy atom. The van der Waals surface area contributed by atoms with Gasteiger partial charge in [-0.2, -0.15) is 0 Å². The highest BCUT2D eigenvalue weighted by molar-refractivity contribution is 5.57. The van der Waals surface area contributed by atoms with Gasteiger partial charge in [0.1, 0.15) is 6.29 Å². The van der Waals surface area contributed by atoms with Gasteiger partial charge in [0, 0.05) is 18.6 Å². The van der Waals surface area contributed by atoms with E-state index in [0.29, 0.717) is 5.92 Å². The van der Waals surface area contributed by atoms with Gasteiger partial charge in [0.15, 0.2) is 0 Å². The van der Waals surface area contributed by atoms with E-state index >= 15 is 0 Å². The van der Waals surface area contributed by atoms with Gasteiger partial charge < -0.3 is 9.53 Å². The second-order valence-corrected chi connectivity index (χ2v) is 4.39. The summed E-state index contributed by atoms with van der Waals surface area (Å²) < 4.78 is 5.36. The molecule has 0 aromatic rings. The molecular weight excluding hydrogens is 152 g/mol. The Kier molecular flexibility index (Phi) is 3.27. The second kappa shape index (κ2) is 4.04. The summed E-state index contributed by atoms with van der Waals surface area (Å²) in [6.07, 6.45) is 4.40. The van der Waals surface area contributed by atoms with E-state index in [4.69, 9.17) is 4.74 Å². The largest absolute Gasteiger partial charge is 0.381 e. The lowest BCUT2D eigenvalue weighted by atomic mass is 9.82. The summed E-state index contributed by atoms with van der Waals surface area (Å²) in [5, 5.41) is 0. The normalized spacial score (nSPS) is 25.3. The maximum Gasteiger partial charge on any atom is 0.125 e. The first-order chi connectivity index (χ1) is 5.64. The zero-order valence-electron chi connectivity index (χ0n) is 8.01. The number of aldehydes is 1. The molecule has 1 rings (SSSR count). The van der Waals surface area contributed by atoms with Crippen molar-refractivity contribution in [1.82, 2.24) is 0 Å². The van der Waals surface area contributed by atoms with Crippen molar-refractivity contribution in [2.75, 3.05) is 13.2 Å². The van der Waals surface area contributed by atoms with E-state index in [1.807, 2.05) is 13.8 Å². The van der Waals surface area contributed by atoms with Gasteiger partial charge in [0.25, 0.3) is 0 Å². The third kappa shape index (κ3) is 2.94. The van der Waals surface area contributed by atoms with Crippen molar-refractivity contribution < 1.29 is 9.53 Å². The number of carbonyl (C=O) groups is 1. The standard InChI is InChI=1S/C10H18O2/c1-10(2,8-11)6-9-4-3-5-12-7-9/h8-9H,3-7H2,1-2H3/t9-/m1/s1. The van der Waals surface area contributed by atoms with Gasteiger partial charge in [-0.3, -0.25) is 0 Å². The molecular formula is C10H18O2. The van der Waals surface area contributed by atoms with Crippen LogP contribution in [0.4, 0.5) is 0 Å². The van der Waals surface area contributed by atoms with Crippen molar-refractivity contribution in [3.8, 4) is 0 Å². The van der Waals surface area contributed by atoms with Crippen LogP contribution in [0.3, 0.4) is 0 Å². The van der Waals surface area contributed by atoms with E-state index in [2.05, 4.69) is 0 Å². The van der Waals surface area contributed by atoms with Crippen LogP contribution >= 0.6 is 0 Å². The lowest BCUT2D eigenvalue weighted by Crippen LogP contribution is -2.25. The molecule has 0 bridgehead atoms. The fourth-order valence-electron chi connectivity index (χ4n) is 1.76. The lowest BCUT2D eigenvalue weighted by Gasteiger charge is -2.27. The summed E-state index contributed by atoms with van der Waals surface area (Å²) in [5.74, 6) is 0.596. The van der Waals surface area contributed by atoms with Gasteiger partial charge in [-0.1, -0.05) is 13.8 Å². The molecule has 1 heterocycles. The maximum absolute atomic E-state index is 10.7. The van der Waals surface area contributed by atoms with Gasteiger partial charge in [-0.25, -0.2) is 0 Å². The molecule has 1 aliphatic heterocycles. The average molecular weight is 170 g/mol. The number of hydrogen-bond donors (Lipinski definition) is 0. The van der Waals surface area contributed by atoms with E-state index < -0.39 is 0 Å². The molecule has 0 unspecified atom stereocenters. The van der Waals surface area contributed by atoms with Crippen molar-refractivity contribution >= 4 is 6.29 Å². The van der Waals surface area contributed by atoms with E-state index in [0.717, 1.165) is 32.3 Å². The molecule has 12 heavy (non-hydrogen) atoms. The summed E-state index contributed by atoms with van der Waals surface area (Å²) in [4.78, 5) is 10.7. The van der Waals surface area contributed by atoms with Crippen LogP contribution in [0.5, 0.6) is 0 Å². The summed E-state index contributed by atoms with van der Waals surface area (Å²) in [7, 11) is 0. The van der Waals surface area contributed by atoms with Crippen LogP contribution in [0.1, 0.15) is 33.1 Å². The molecule has 0 radical (unpaired) electrons. The first-order valence-corrected chi connectivity index (χ1v) is 4.68. The summed E-state index contributed by atoms with van der Waals surface area (Å²) >= 11 is 0. The third-order valence-electron chi connectivity index (χ3n) is 2.39. The van der Waals surface area contributed by atoms with Crippen LogP contribution in [-0.2, 0) is 9.53 Å². The van der Waals surface area contributed by atoms with Crippen LogP contribution in [0, 0.1) is 11.3 Å². The van der Waals surface area contributed by atoms with Gasteiger partial charge in [0.2, 0.25) is 0 Å². The van der Waals surface area contributed by atoms with Crippen LogP contribution in [-0.4, -0.2) is 19.5 Å². The topological polar surface area (TPSA) is 26.3 Å². The summed E-state index contributed by atoms with van der Waals surface area (Å²) in [6, 6.07) is 0. The van der Waals surface area contributed by atoms with Gasteiger partial charge in [-0.15, -0.1) is 0 Å². The molecule has 2 heteroatoms. The van der Waals surface area contributed by atoms with Crippen LogP contribution < -0.4 is 0 Å². The van der Waals surface area contributed by atoms with E-state index in [-0.39, 0.29) is 5.41 Å². The Morgan fingerprint density at radius 1 is 1.58 bits per heavy atom. The fourth-order valence-corrected chi connectivity index (χ4v) is 1.76. The fraction of sp³-hybridized carbons (Fsp3) is 0.900. The molecule has 0 N–H and O–H groups in total. The molecule has 0 amide bonds. The smallest absolute Gasteiger partial charge is 0.125 e. The third-order valence-corrected chi connectivity index (χ3v) is 2.39. The lowest BCUT2D eigenvalue weighted by molar-refractivity contribution is -0.116. The Morgan fingerprint density at radius 3 is 2.83 bits per heavy atom. The Hall–Kier alpha value is -0.370. The minimum Gasteiger partial charge on any atom is -0.381 e. The zero-order chi connectivity index (χ0) is 9.03. The molecule has 0 aromatic heterocycles. The van der Waals surface area contributed by atoms with Gasteiger partial charge in [-0.05, 0) is 25.2 Å². The molecule has 0 spiro atoms. The van der Waals surface area contributed by atoms with Crippen LogP contribution in [0.2, 0.25) is 0 Å². The predicted octanol–water partition coefficient (Wildman–Crippen LogP) is 2.03. The van der Waals surface area contributed by atoms with Crippen molar-refractivity contribution in [2.45, 2.75) is 33.1 Å². The SMILES string of the molecule is CC(C)(C=O)C[C@H]1CCCOC1. The molecule has 0 aliphatic carbocycles. The van der Waals surface area contributed by atoms with Crippen molar-refractivity contribution in [3.05, 3.63) is 0 Å². The summed E-state index contributed by atoms with van der Waals surface area (Å²) in [6.45, 7) is 5.73. The Balaban J connectivity index is 2.33. The minimum atomic E-state index is -0.161. The highest BCUT2D eigenvalue weighted by Crippen LogP contribution is 2.27. The highest BCUT2D eigenvalue weighted by Gasteiger charge is 2.24. The van der Waals surface area contributed by atoms with Crippen molar-refractivity contribution in [2.24, 2.45) is 11.3 Å². The Bertz CT molecular complexity index is 146. The summed E-state index contributed by atoms with van der Waals surface area (Å²) in [5.41, 5.74) is -0.161. The van der Waals surface area contributed by atoms with Crippen LogP contribution in [0.15, 0.2) is 0 Å². The number of rotatable bonds is 3. The minimum absolute atomic E-state index is 0.161.